The van der Waals surface area contributed by atoms with Crippen LogP contribution in [-0.2, 0) is 9.53 Å². The molecule has 2 N–H and O–H groups in total. The lowest BCUT2D eigenvalue weighted by molar-refractivity contribution is -0.144. The minimum absolute atomic E-state index is 0.00619. The Balaban J connectivity index is 1.80. The molecule has 0 radical (unpaired) electrons. The molecule has 1 saturated carbocycles. The van der Waals surface area contributed by atoms with E-state index < -0.39 is 6.10 Å². The third-order valence-corrected chi connectivity index (χ3v) is 6.13. The van der Waals surface area contributed by atoms with Crippen molar-refractivity contribution >= 4 is 17.6 Å². The van der Waals surface area contributed by atoms with E-state index in [2.05, 4.69) is 38.1 Å². The van der Waals surface area contributed by atoms with Crippen molar-refractivity contribution in [2.75, 3.05) is 19.8 Å². The maximum Gasteiger partial charge on any atom is 0.305 e. The fraction of sp³-hybridized carbons (Fsp3) is 0.625. The lowest BCUT2D eigenvalue weighted by Gasteiger charge is -2.23. The van der Waals surface area contributed by atoms with Gasteiger partial charge in [0.05, 0.1) is 19.3 Å². The van der Waals surface area contributed by atoms with Gasteiger partial charge in [0.15, 0.2) is 0 Å². The third-order valence-electron chi connectivity index (χ3n) is 5.62. The number of hydrogen-bond acceptors (Lipinski definition) is 5. The Hall–Kier alpha value is -1.56. The zero-order chi connectivity index (χ0) is 21.9. The Morgan fingerprint density at radius 3 is 2.83 bits per heavy atom. The van der Waals surface area contributed by atoms with Gasteiger partial charge in [-0.3, -0.25) is 4.79 Å². The lowest BCUT2D eigenvalue weighted by atomic mass is 9.92. The predicted octanol–water partition coefficient (Wildman–Crippen LogP) is 4.45. The molecule has 1 aromatic rings. The van der Waals surface area contributed by atoms with E-state index in [1.807, 2.05) is 12.1 Å². The van der Waals surface area contributed by atoms with Crippen LogP contribution in [0.5, 0.6) is 5.75 Å². The van der Waals surface area contributed by atoms with E-state index in [0.717, 1.165) is 18.6 Å². The zero-order valence-corrected chi connectivity index (χ0v) is 18.8. The summed E-state index contributed by atoms with van der Waals surface area (Å²) in [4.78, 5) is 11.4. The lowest BCUT2D eigenvalue weighted by Crippen LogP contribution is -2.27. The van der Waals surface area contributed by atoms with Crippen LogP contribution >= 0.6 is 11.6 Å². The predicted molar refractivity (Wildman–Crippen MR) is 119 cm³/mol. The maximum absolute atomic E-state index is 11.4. The molecule has 0 spiro atoms. The van der Waals surface area contributed by atoms with Gasteiger partial charge in [0, 0.05) is 17.7 Å². The van der Waals surface area contributed by atoms with Crippen LogP contribution in [0.1, 0.15) is 57.4 Å². The molecule has 4 atom stereocenters. The number of allylic oxidation sites excluding steroid dienone is 2. The molecule has 30 heavy (non-hydrogen) atoms. The van der Waals surface area contributed by atoms with Crippen LogP contribution in [-0.4, -0.2) is 47.5 Å². The van der Waals surface area contributed by atoms with Crippen LogP contribution in [0.2, 0.25) is 0 Å². The van der Waals surface area contributed by atoms with Gasteiger partial charge < -0.3 is 19.7 Å². The van der Waals surface area contributed by atoms with Crippen molar-refractivity contribution in [3.8, 4) is 5.75 Å². The quantitative estimate of drug-likeness (QED) is 0.218. The second-order valence-corrected chi connectivity index (χ2v) is 8.79. The number of halogens is 1. The molecule has 1 aliphatic carbocycles. The first-order valence-electron chi connectivity index (χ1n) is 10.9. The Kier molecular flexibility index (Phi) is 10.7. The molecule has 168 valence electrons. The van der Waals surface area contributed by atoms with E-state index >= 15 is 0 Å². The number of ether oxygens (including phenoxy) is 2. The van der Waals surface area contributed by atoms with E-state index in [4.69, 9.17) is 26.2 Å². The molecular weight excluding hydrogens is 404 g/mol. The summed E-state index contributed by atoms with van der Waals surface area (Å²) in [6.45, 7) is 4.66. The Bertz CT molecular complexity index is 675. The van der Waals surface area contributed by atoms with Gasteiger partial charge >= 0.3 is 5.97 Å². The number of carbonyl (C=O) groups is 1. The summed E-state index contributed by atoms with van der Waals surface area (Å²) in [5.41, 5.74) is 1.23. The molecule has 2 rings (SSSR count). The largest absolute Gasteiger partial charge is 0.493 e. The molecule has 0 saturated heterocycles. The van der Waals surface area contributed by atoms with E-state index in [9.17, 15) is 9.90 Å². The molecule has 1 aromatic carbocycles. The highest BCUT2D eigenvalue weighted by Gasteiger charge is 2.41. The molecule has 1 aliphatic rings. The van der Waals surface area contributed by atoms with Crippen molar-refractivity contribution in [3.63, 3.8) is 0 Å². The van der Waals surface area contributed by atoms with Crippen LogP contribution in [0.15, 0.2) is 36.4 Å². The molecule has 0 unspecified atom stereocenters. The first-order chi connectivity index (χ1) is 14.4. The van der Waals surface area contributed by atoms with E-state index in [1.54, 1.807) is 0 Å². The number of aliphatic hydroxyl groups excluding tert-OH is 2. The topological polar surface area (TPSA) is 76.0 Å². The highest BCUT2D eigenvalue weighted by molar-refractivity contribution is 6.21. The summed E-state index contributed by atoms with van der Waals surface area (Å²) in [7, 11) is 0. The fourth-order valence-corrected chi connectivity index (χ4v) is 4.29. The SMILES string of the molecule is CC(C)c1cccc(OC[C@@H]2[C@@H](C/C=C\CCCC(=O)OCCO)[C@H](Cl)C[C@H]2O)c1. The molecule has 1 fully saturated rings. The number of hydrogen-bond donors (Lipinski definition) is 2. The van der Waals surface area contributed by atoms with Crippen LogP contribution in [0.4, 0.5) is 0 Å². The molecule has 0 aromatic heterocycles. The second-order valence-electron chi connectivity index (χ2n) is 8.23. The van der Waals surface area contributed by atoms with Gasteiger partial charge in [0.25, 0.3) is 0 Å². The smallest absolute Gasteiger partial charge is 0.305 e. The Labute approximate surface area is 185 Å². The van der Waals surface area contributed by atoms with Crippen LogP contribution < -0.4 is 4.74 Å². The van der Waals surface area contributed by atoms with Gasteiger partial charge in [-0.25, -0.2) is 0 Å². The van der Waals surface area contributed by atoms with E-state index in [0.29, 0.717) is 31.8 Å². The van der Waals surface area contributed by atoms with Crippen molar-refractivity contribution in [2.45, 2.75) is 63.4 Å². The van der Waals surface area contributed by atoms with E-state index in [-0.39, 0.29) is 36.4 Å². The maximum atomic E-state index is 11.4. The fourth-order valence-electron chi connectivity index (χ4n) is 3.81. The number of aliphatic hydroxyl groups is 2. The first kappa shape index (κ1) is 24.7. The highest BCUT2D eigenvalue weighted by Crippen LogP contribution is 2.39. The summed E-state index contributed by atoms with van der Waals surface area (Å²) in [5.74, 6) is 1.13. The van der Waals surface area contributed by atoms with Gasteiger partial charge in [-0.05, 0) is 55.2 Å². The summed E-state index contributed by atoms with van der Waals surface area (Å²) < 4.78 is 10.9. The Morgan fingerprint density at radius 2 is 2.10 bits per heavy atom. The van der Waals surface area contributed by atoms with Gasteiger partial charge in [-0.15, -0.1) is 11.6 Å². The van der Waals surface area contributed by atoms with E-state index in [1.165, 1.54) is 5.56 Å². The molecule has 5 nitrogen and oxygen atoms in total. The van der Waals surface area contributed by atoms with Crippen LogP contribution in [0, 0.1) is 11.8 Å². The summed E-state index contributed by atoms with van der Waals surface area (Å²) >= 11 is 6.52. The highest BCUT2D eigenvalue weighted by atomic mass is 35.5. The van der Waals surface area contributed by atoms with Gasteiger partial charge in [0.1, 0.15) is 12.4 Å². The van der Waals surface area contributed by atoms with Crippen LogP contribution in [0.25, 0.3) is 0 Å². The third kappa shape index (κ3) is 7.93. The van der Waals surface area contributed by atoms with Crippen molar-refractivity contribution in [2.24, 2.45) is 11.8 Å². The molecule has 0 bridgehead atoms. The Morgan fingerprint density at radius 1 is 1.30 bits per heavy atom. The standard InChI is InChI=1S/C24H35ClO5/c1-17(2)18-8-7-9-19(14-18)30-16-21-20(22(25)15-23(21)27)10-5-3-4-6-11-24(28)29-13-12-26/h3,5,7-9,14,17,20-23,26-27H,4,6,10-13,15-16H2,1-2H3/b5-3-/t20-,21-,22-,23-/m1/s1. The number of rotatable bonds is 12. The molecule has 0 amide bonds. The monoisotopic (exact) mass is 438 g/mol. The molecule has 0 heterocycles. The number of alkyl halides is 1. The van der Waals surface area contributed by atoms with Crippen LogP contribution in [0.3, 0.4) is 0 Å². The molecule has 0 aliphatic heterocycles. The summed E-state index contributed by atoms with van der Waals surface area (Å²) in [6, 6.07) is 8.10. The van der Waals surface area contributed by atoms with Crippen molar-refractivity contribution in [1.29, 1.82) is 0 Å². The van der Waals surface area contributed by atoms with Gasteiger partial charge in [-0.1, -0.05) is 38.1 Å². The minimum Gasteiger partial charge on any atom is -0.493 e. The number of unbranched alkanes of at least 4 members (excludes halogenated alkanes) is 1. The second kappa shape index (κ2) is 13.0. The average molecular weight is 439 g/mol. The summed E-state index contributed by atoms with van der Waals surface area (Å²) in [5, 5.41) is 19.0. The summed E-state index contributed by atoms with van der Waals surface area (Å²) in [6.07, 6.45) is 6.87. The number of carbonyl (C=O) groups excluding carboxylic acids is 1. The molecular formula is C24H35ClO5. The first-order valence-corrected chi connectivity index (χ1v) is 11.3. The van der Waals surface area contributed by atoms with Crippen molar-refractivity contribution in [3.05, 3.63) is 42.0 Å². The molecule has 6 heteroatoms. The number of benzene rings is 1. The van der Waals surface area contributed by atoms with Crippen molar-refractivity contribution < 1.29 is 24.5 Å². The normalized spacial score (nSPS) is 23.9. The van der Waals surface area contributed by atoms with Gasteiger partial charge in [-0.2, -0.15) is 0 Å². The number of esters is 1. The minimum atomic E-state index is -0.458. The average Bonchev–Trinajstić information content (AvgIpc) is 2.99. The zero-order valence-electron chi connectivity index (χ0n) is 18.0. The van der Waals surface area contributed by atoms with Crippen molar-refractivity contribution in [1.82, 2.24) is 0 Å². The van der Waals surface area contributed by atoms with Gasteiger partial charge in [0.2, 0.25) is 0 Å².